The van der Waals surface area contributed by atoms with Gasteiger partial charge in [0.15, 0.2) is 0 Å². The van der Waals surface area contributed by atoms with Gasteiger partial charge in [-0.05, 0) is 36.4 Å². The van der Waals surface area contributed by atoms with Gasteiger partial charge in [0.05, 0.1) is 12.7 Å². The van der Waals surface area contributed by atoms with Crippen LogP contribution in [0.2, 0.25) is 0 Å². The Labute approximate surface area is 136 Å². The number of nitrogens with one attached hydrogen (secondary N) is 1. The SMILES string of the molecule is COC(=O)c1ccc(C(=O)Nc2nnc(-c3ccccn3)o2)cc1. The maximum Gasteiger partial charge on any atom is 0.337 e. The first-order valence-electron chi connectivity index (χ1n) is 6.92. The highest BCUT2D eigenvalue weighted by Crippen LogP contribution is 2.17. The molecule has 0 fully saturated rings. The summed E-state index contributed by atoms with van der Waals surface area (Å²) in [7, 11) is 1.29. The molecule has 2 aromatic heterocycles. The Kier molecular flexibility index (Phi) is 4.28. The van der Waals surface area contributed by atoms with E-state index < -0.39 is 11.9 Å². The molecule has 3 aromatic rings. The molecule has 1 amide bonds. The van der Waals surface area contributed by atoms with Crippen LogP contribution < -0.4 is 5.32 Å². The molecule has 24 heavy (non-hydrogen) atoms. The Morgan fingerprint density at radius 3 is 2.46 bits per heavy atom. The average molecular weight is 324 g/mol. The maximum atomic E-state index is 12.1. The highest BCUT2D eigenvalue weighted by molar-refractivity contribution is 6.03. The third-order valence-corrected chi connectivity index (χ3v) is 3.10. The molecule has 120 valence electrons. The molecule has 0 radical (unpaired) electrons. The molecule has 0 aliphatic carbocycles. The van der Waals surface area contributed by atoms with Crippen molar-refractivity contribution in [3.63, 3.8) is 0 Å². The van der Waals surface area contributed by atoms with Crippen LogP contribution in [0.4, 0.5) is 6.01 Å². The van der Waals surface area contributed by atoms with Gasteiger partial charge in [0.2, 0.25) is 0 Å². The second-order valence-corrected chi connectivity index (χ2v) is 4.65. The van der Waals surface area contributed by atoms with Crippen LogP contribution in [0.15, 0.2) is 53.1 Å². The number of carbonyl (C=O) groups is 2. The van der Waals surface area contributed by atoms with E-state index in [0.29, 0.717) is 16.8 Å². The zero-order valence-corrected chi connectivity index (χ0v) is 12.6. The van der Waals surface area contributed by atoms with Crippen molar-refractivity contribution in [2.75, 3.05) is 12.4 Å². The fourth-order valence-corrected chi connectivity index (χ4v) is 1.91. The van der Waals surface area contributed by atoms with E-state index >= 15 is 0 Å². The van der Waals surface area contributed by atoms with Gasteiger partial charge in [-0.1, -0.05) is 11.2 Å². The number of ether oxygens (including phenoxy) is 1. The molecule has 0 aliphatic rings. The van der Waals surface area contributed by atoms with E-state index in [-0.39, 0.29) is 11.9 Å². The van der Waals surface area contributed by atoms with Gasteiger partial charge in [-0.25, -0.2) is 4.79 Å². The lowest BCUT2D eigenvalue weighted by molar-refractivity contribution is 0.0600. The van der Waals surface area contributed by atoms with Crippen molar-refractivity contribution in [3.05, 3.63) is 59.8 Å². The highest BCUT2D eigenvalue weighted by Gasteiger charge is 2.14. The van der Waals surface area contributed by atoms with Crippen molar-refractivity contribution < 1.29 is 18.7 Å². The Bertz CT molecular complexity index is 859. The third kappa shape index (κ3) is 3.27. The summed E-state index contributed by atoms with van der Waals surface area (Å²) in [5.41, 5.74) is 1.19. The van der Waals surface area contributed by atoms with Crippen LogP contribution in [0, 0.1) is 0 Å². The van der Waals surface area contributed by atoms with Gasteiger partial charge < -0.3 is 9.15 Å². The van der Waals surface area contributed by atoms with E-state index in [9.17, 15) is 9.59 Å². The summed E-state index contributed by atoms with van der Waals surface area (Å²) < 4.78 is 9.95. The number of amides is 1. The number of aromatic nitrogens is 3. The van der Waals surface area contributed by atoms with Crippen molar-refractivity contribution in [2.45, 2.75) is 0 Å². The molecule has 3 rings (SSSR count). The zero-order chi connectivity index (χ0) is 16.9. The molecule has 0 saturated carbocycles. The standard InChI is InChI=1S/C16H12N4O4/c1-23-15(22)11-7-5-10(6-8-11)13(21)18-16-20-19-14(24-16)12-4-2-3-9-17-12/h2-9H,1H3,(H,18,20,21). The van der Waals surface area contributed by atoms with Crippen LogP contribution >= 0.6 is 0 Å². The van der Waals surface area contributed by atoms with Gasteiger partial charge in [-0.2, -0.15) is 0 Å². The Hall–Kier alpha value is -3.55. The Balaban J connectivity index is 1.71. The molecule has 0 bridgehead atoms. The van der Waals surface area contributed by atoms with Crippen LogP contribution in [0.25, 0.3) is 11.6 Å². The molecule has 0 unspecified atom stereocenters. The topological polar surface area (TPSA) is 107 Å². The summed E-state index contributed by atoms with van der Waals surface area (Å²) in [6.45, 7) is 0. The zero-order valence-electron chi connectivity index (χ0n) is 12.6. The number of esters is 1. The molecule has 2 heterocycles. The number of benzene rings is 1. The lowest BCUT2D eigenvalue weighted by atomic mass is 10.1. The van der Waals surface area contributed by atoms with Crippen molar-refractivity contribution in [1.29, 1.82) is 0 Å². The summed E-state index contributed by atoms with van der Waals surface area (Å²) in [6, 6.07) is 11.2. The van der Waals surface area contributed by atoms with Crippen molar-refractivity contribution >= 4 is 17.9 Å². The maximum absolute atomic E-state index is 12.1. The van der Waals surface area contributed by atoms with Crippen molar-refractivity contribution in [3.8, 4) is 11.6 Å². The number of pyridine rings is 1. The number of hydrogen-bond acceptors (Lipinski definition) is 7. The largest absolute Gasteiger partial charge is 0.465 e. The molecule has 8 heteroatoms. The van der Waals surface area contributed by atoms with Gasteiger partial charge >= 0.3 is 12.0 Å². The summed E-state index contributed by atoms with van der Waals surface area (Å²) in [5, 5.41) is 10.1. The third-order valence-electron chi connectivity index (χ3n) is 3.10. The molecule has 0 spiro atoms. The van der Waals surface area contributed by atoms with Gasteiger partial charge in [-0.15, -0.1) is 5.10 Å². The van der Waals surface area contributed by atoms with Crippen LogP contribution in [-0.2, 0) is 4.74 Å². The highest BCUT2D eigenvalue weighted by atomic mass is 16.5. The van der Waals surface area contributed by atoms with Crippen LogP contribution in [0.3, 0.4) is 0 Å². The predicted molar refractivity (Wildman–Crippen MR) is 83.3 cm³/mol. The number of hydrogen-bond donors (Lipinski definition) is 1. The normalized spacial score (nSPS) is 10.2. The molecular weight excluding hydrogens is 312 g/mol. The monoisotopic (exact) mass is 324 g/mol. The molecule has 1 aromatic carbocycles. The quantitative estimate of drug-likeness (QED) is 0.733. The van der Waals surface area contributed by atoms with Crippen LogP contribution in [-0.4, -0.2) is 34.2 Å². The number of carbonyl (C=O) groups excluding carboxylic acids is 2. The van der Waals surface area contributed by atoms with Gasteiger partial charge in [0.25, 0.3) is 11.8 Å². The second-order valence-electron chi connectivity index (χ2n) is 4.65. The van der Waals surface area contributed by atoms with E-state index in [2.05, 4.69) is 25.2 Å². The van der Waals surface area contributed by atoms with E-state index in [1.807, 2.05) is 0 Å². The first kappa shape index (κ1) is 15.3. The number of methoxy groups -OCH3 is 1. The minimum atomic E-state index is -0.473. The molecule has 8 nitrogen and oxygen atoms in total. The molecule has 0 atom stereocenters. The fraction of sp³-hybridized carbons (Fsp3) is 0.0625. The molecule has 0 aliphatic heterocycles. The van der Waals surface area contributed by atoms with Gasteiger partial charge in [0.1, 0.15) is 5.69 Å². The minimum Gasteiger partial charge on any atom is -0.465 e. The summed E-state index contributed by atoms with van der Waals surface area (Å²) in [5.74, 6) is -0.714. The lowest BCUT2D eigenvalue weighted by Gasteiger charge is -2.02. The van der Waals surface area contributed by atoms with Gasteiger partial charge in [0, 0.05) is 11.8 Å². The fourth-order valence-electron chi connectivity index (χ4n) is 1.91. The molecular formula is C16H12N4O4. The van der Waals surface area contributed by atoms with E-state index in [1.165, 1.54) is 31.4 Å². The summed E-state index contributed by atoms with van der Waals surface area (Å²) in [4.78, 5) is 27.6. The van der Waals surface area contributed by atoms with Gasteiger partial charge in [-0.3, -0.25) is 15.1 Å². The van der Waals surface area contributed by atoms with Crippen LogP contribution in [0.1, 0.15) is 20.7 Å². The lowest BCUT2D eigenvalue weighted by Crippen LogP contribution is -2.12. The van der Waals surface area contributed by atoms with Crippen molar-refractivity contribution in [2.24, 2.45) is 0 Å². The van der Waals surface area contributed by atoms with E-state index in [1.54, 1.807) is 24.4 Å². The molecule has 1 N–H and O–H groups in total. The smallest absolute Gasteiger partial charge is 0.337 e. The van der Waals surface area contributed by atoms with Crippen LogP contribution in [0.5, 0.6) is 0 Å². The minimum absolute atomic E-state index is 0.0438. The Morgan fingerprint density at radius 1 is 1.04 bits per heavy atom. The second kappa shape index (κ2) is 6.69. The number of anilines is 1. The number of rotatable bonds is 4. The first-order valence-corrected chi connectivity index (χ1v) is 6.92. The molecule has 0 saturated heterocycles. The van der Waals surface area contributed by atoms with E-state index in [0.717, 1.165) is 0 Å². The average Bonchev–Trinajstić information content (AvgIpc) is 3.10. The predicted octanol–water partition coefficient (Wildman–Crippen LogP) is 2.17. The van der Waals surface area contributed by atoms with E-state index in [4.69, 9.17) is 4.42 Å². The van der Waals surface area contributed by atoms with Crippen molar-refractivity contribution in [1.82, 2.24) is 15.2 Å². The Morgan fingerprint density at radius 2 is 1.79 bits per heavy atom. The first-order chi connectivity index (χ1) is 11.7. The summed E-state index contributed by atoms with van der Waals surface area (Å²) in [6.07, 6.45) is 1.60. The summed E-state index contributed by atoms with van der Waals surface area (Å²) >= 11 is 0. The number of nitrogens with zero attached hydrogens (tertiary/aromatic N) is 3.